The number of carboxylic acid groups (broad SMARTS) is 1. The molecule has 1 atom stereocenters. The first-order valence-electron chi connectivity index (χ1n) is 12.3. The maximum absolute atomic E-state index is 13.7. The average Bonchev–Trinajstić information content (AvgIpc) is 2.89. The highest BCUT2D eigenvalue weighted by Gasteiger charge is 2.26. The van der Waals surface area contributed by atoms with Crippen LogP contribution >= 0.6 is 0 Å². The number of rotatable bonds is 13. The molecular weight excluding hydrogens is 452 g/mol. The Morgan fingerprint density at radius 3 is 1.89 bits per heavy atom. The van der Waals surface area contributed by atoms with Crippen LogP contribution in [0.5, 0.6) is 0 Å². The Hall–Kier alpha value is -3.93. The number of carboxylic acids is 1. The molecule has 188 valence electrons. The lowest BCUT2D eigenvalue weighted by Gasteiger charge is -2.25. The third kappa shape index (κ3) is 8.38. The highest BCUT2D eigenvalue weighted by molar-refractivity contribution is 5.88. The Bertz CT molecular complexity index is 1060. The Kier molecular flexibility index (Phi) is 10.2. The van der Waals surface area contributed by atoms with Gasteiger partial charge in [-0.15, -0.1) is 0 Å². The number of aryl methyl sites for hydroxylation is 1. The molecule has 2 N–H and O–H groups in total. The van der Waals surface area contributed by atoms with Crippen LogP contribution in [-0.4, -0.2) is 47.4 Å². The molecule has 0 saturated heterocycles. The van der Waals surface area contributed by atoms with E-state index >= 15 is 0 Å². The molecule has 0 saturated carbocycles. The SMILES string of the molecule is CN(CCCC(=O)O)C(=O)CC(CCc1ccccc1)NC(=O)C(c1ccccc1)c1ccccc1. The van der Waals surface area contributed by atoms with Crippen molar-refractivity contribution in [2.45, 2.75) is 44.1 Å². The van der Waals surface area contributed by atoms with Gasteiger partial charge in [0.15, 0.2) is 0 Å². The maximum Gasteiger partial charge on any atom is 0.303 e. The first-order chi connectivity index (χ1) is 17.4. The molecule has 6 heteroatoms. The van der Waals surface area contributed by atoms with E-state index in [1.165, 1.54) is 0 Å². The Balaban J connectivity index is 1.76. The first kappa shape index (κ1) is 26.7. The quantitative estimate of drug-likeness (QED) is 0.368. The van der Waals surface area contributed by atoms with E-state index in [-0.39, 0.29) is 30.7 Å². The van der Waals surface area contributed by atoms with E-state index < -0.39 is 11.9 Å². The van der Waals surface area contributed by atoms with Crippen LogP contribution in [0.4, 0.5) is 0 Å². The minimum atomic E-state index is -0.878. The standard InChI is InChI=1S/C30H34N2O4/c1-32(21-11-18-28(34)35)27(33)22-26(20-19-23-12-5-2-6-13-23)31-30(36)29(24-14-7-3-8-15-24)25-16-9-4-10-17-25/h2-10,12-17,26,29H,11,18-22H2,1H3,(H,31,36)(H,34,35). The summed E-state index contributed by atoms with van der Waals surface area (Å²) in [5.74, 6) is -1.63. The van der Waals surface area contributed by atoms with E-state index in [1.54, 1.807) is 11.9 Å². The van der Waals surface area contributed by atoms with E-state index in [0.717, 1.165) is 23.1 Å². The van der Waals surface area contributed by atoms with Crippen LogP contribution in [-0.2, 0) is 20.8 Å². The molecule has 0 aromatic heterocycles. The predicted molar refractivity (Wildman–Crippen MR) is 141 cm³/mol. The smallest absolute Gasteiger partial charge is 0.303 e. The van der Waals surface area contributed by atoms with Crippen molar-refractivity contribution in [3.8, 4) is 0 Å². The number of hydrogen-bond donors (Lipinski definition) is 2. The average molecular weight is 487 g/mol. The van der Waals surface area contributed by atoms with Gasteiger partial charge in [0.05, 0.1) is 5.92 Å². The van der Waals surface area contributed by atoms with Crippen molar-refractivity contribution in [1.82, 2.24) is 10.2 Å². The van der Waals surface area contributed by atoms with Crippen LogP contribution in [0.3, 0.4) is 0 Å². The highest BCUT2D eigenvalue weighted by Crippen LogP contribution is 2.25. The molecule has 0 bridgehead atoms. The third-order valence-corrected chi connectivity index (χ3v) is 6.23. The molecule has 36 heavy (non-hydrogen) atoms. The molecule has 3 aromatic rings. The van der Waals surface area contributed by atoms with Crippen LogP contribution in [0, 0.1) is 0 Å². The number of carbonyl (C=O) groups is 3. The highest BCUT2D eigenvalue weighted by atomic mass is 16.4. The van der Waals surface area contributed by atoms with Crippen LogP contribution in [0.2, 0.25) is 0 Å². The molecule has 0 spiro atoms. The van der Waals surface area contributed by atoms with Crippen LogP contribution in [0.15, 0.2) is 91.0 Å². The number of aliphatic carboxylic acids is 1. The summed E-state index contributed by atoms with van der Waals surface area (Å²) in [7, 11) is 1.68. The van der Waals surface area contributed by atoms with Gasteiger partial charge < -0.3 is 15.3 Å². The van der Waals surface area contributed by atoms with Gasteiger partial charge in [0, 0.05) is 32.5 Å². The normalized spacial score (nSPS) is 11.6. The van der Waals surface area contributed by atoms with Gasteiger partial charge in [-0.2, -0.15) is 0 Å². The second kappa shape index (κ2) is 13.8. The van der Waals surface area contributed by atoms with Crippen LogP contribution in [0.25, 0.3) is 0 Å². The fraction of sp³-hybridized carbons (Fsp3) is 0.300. The lowest BCUT2D eigenvalue weighted by atomic mass is 9.90. The predicted octanol–water partition coefficient (Wildman–Crippen LogP) is 4.65. The third-order valence-electron chi connectivity index (χ3n) is 6.23. The van der Waals surface area contributed by atoms with Crippen molar-refractivity contribution in [1.29, 1.82) is 0 Å². The number of benzene rings is 3. The van der Waals surface area contributed by atoms with Gasteiger partial charge in [-0.1, -0.05) is 91.0 Å². The summed E-state index contributed by atoms with van der Waals surface area (Å²) in [5, 5.41) is 12.0. The van der Waals surface area contributed by atoms with E-state index in [9.17, 15) is 14.4 Å². The first-order valence-corrected chi connectivity index (χ1v) is 12.3. The lowest BCUT2D eigenvalue weighted by Crippen LogP contribution is -2.42. The second-order valence-electron chi connectivity index (χ2n) is 9.00. The second-order valence-corrected chi connectivity index (χ2v) is 9.00. The molecule has 0 aliphatic rings. The van der Waals surface area contributed by atoms with Crippen molar-refractivity contribution >= 4 is 17.8 Å². The molecule has 3 aromatic carbocycles. The lowest BCUT2D eigenvalue weighted by molar-refractivity contribution is -0.138. The van der Waals surface area contributed by atoms with Gasteiger partial charge in [-0.05, 0) is 36.0 Å². The molecule has 0 aliphatic carbocycles. The maximum atomic E-state index is 13.7. The van der Waals surface area contributed by atoms with Crippen molar-refractivity contribution in [3.63, 3.8) is 0 Å². The molecule has 0 heterocycles. The zero-order chi connectivity index (χ0) is 25.8. The van der Waals surface area contributed by atoms with Gasteiger partial charge in [-0.3, -0.25) is 14.4 Å². The Labute approximate surface area is 213 Å². The Morgan fingerprint density at radius 1 is 0.833 bits per heavy atom. The van der Waals surface area contributed by atoms with Crippen molar-refractivity contribution < 1.29 is 19.5 Å². The molecule has 2 amide bonds. The van der Waals surface area contributed by atoms with E-state index in [4.69, 9.17) is 5.11 Å². The van der Waals surface area contributed by atoms with E-state index in [1.807, 2.05) is 91.0 Å². The Morgan fingerprint density at radius 2 is 1.36 bits per heavy atom. The monoisotopic (exact) mass is 486 g/mol. The summed E-state index contributed by atoms with van der Waals surface area (Å²) < 4.78 is 0. The van der Waals surface area contributed by atoms with Crippen molar-refractivity contribution in [2.24, 2.45) is 0 Å². The zero-order valence-corrected chi connectivity index (χ0v) is 20.7. The van der Waals surface area contributed by atoms with Crippen LogP contribution in [0.1, 0.15) is 48.3 Å². The summed E-state index contributed by atoms with van der Waals surface area (Å²) in [6, 6.07) is 28.9. The minimum Gasteiger partial charge on any atom is -0.481 e. The summed E-state index contributed by atoms with van der Waals surface area (Å²) in [6.45, 7) is 0.362. The number of amides is 2. The summed E-state index contributed by atoms with van der Waals surface area (Å²) in [4.78, 5) is 39.0. The minimum absolute atomic E-state index is 0.0155. The van der Waals surface area contributed by atoms with Gasteiger partial charge in [-0.25, -0.2) is 0 Å². The number of carbonyl (C=O) groups excluding carboxylic acids is 2. The summed E-state index contributed by atoms with van der Waals surface area (Å²) in [6.07, 6.45) is 1.90. The van der Waals surface area contributed by atoms with E-state index in [2.05, 4.69) is 5.32 Å². The fourth-order valence-corrected chi connectivity index (χ4v) is 4.24. The molecule has 0 radical (unpaired) electrons. The molecule has 6 nitrogen and oxygen atoms in total. The van der Waals surface area contributed by atoms with E-state index in [0.29, 0.717) is 19.4 Å². The van der Waals surface area contributed by atoms with Gasteiger partial charge >= 0.3 is 5.97 Å². The van der Waals surface area contributed by atoms with Gasteiger partial charge in [0.2, 0.25) is 11.8 Å². The van der Waals surface area contributed by atoms with Gasteiger partial charge in [0.1, 0.15) is 0 Å². The number of hydrogen-bond acceptors (Lipinski definition) is 3. The number of nitrogens with zero attached hydrogens (tertiary/aromatic N) is 1. The summed E-state index contributed by atoms with van der Waals surface area (Å²) >= 11 is 0. The molecule has 0 fully saturated rings. The summed E-state index contributed by atoms with van der Waals surface area (Å²) in [5.41, 5.74) is 2.92. The van der Waals surface area contributed by atoms with Gasteiger partial charge in [0.25, 0.3) is 0 Å². The van der Waals surface area contributed by atoms with Crippen molar-refractivity contribution in [2.75, 3.05) is 13.6 Å². The zero-order valence-electron chi connectivity index (χ0n) is 20.7. The topological polar surface area (TPSA) is 86.7 Å². The fourth-order valence-electron chi connectivity index (χ4n) is 4.24. The molecule has 3 rings (SSSR count). The molecular formula is C30H34N2O4. The van der Waals surface area contributed by atoms with Crippen LogP contribution < -0.4 is 5.32 Å². The molecule has 1 unspecified atom stereocenters. The largest absolute Gasteiger partial charge is 0.481 e. The number of nitrogens with one attached hydrogen (secondary N) is 1. The molecule has 0 aliphatic heterocycles. The van der Waals surface area contributed by atoms with Crippen molar-refractivity contribution in [3.05, 3.63) is 108 Å².